The highest BCUT2D eigenvalue weighted by atomic mass is 32.2. The van der Waals surface area contributed by atoms with Crippen molar-refractivity contribution >= 4 is 39.1 Å². The number of benzene rings is 2. The average molecular weight is 607 g/mol. The van der Waals surface area contributed by atoms with Crippen molar-refractivity contribution in [1.29, 1.82) is 0 Å². The number of halogens is 6. The maximum absolute atomic E-state index is 13.9. The van der Waals surface area contributed by atoms with E-state index in [2.05, 4.69) is 10.2 Å². The van der Waals surface area contributed by atoms with Crippen molar-refractivity contribution in [2.45, 2.75) is 25.3 Å². The summed E-state index contributed by atoms with van der Waals surface area (Å²) in [6, 6.07) is 5.45. The van der Waals surface area contributed by atoms with Gasteiger partial charge < -0.3 is 5.11 Å². The maximum atomic E-state index is 13.9. The number of fused-ring (bicyclic) bond motifs is 1. The van der Waals surface area contributed by atoms with Crippen LogP contribution in [0.2, 0.25) is 0 Å². The second kappa shape index (κ2) is 10.2. The summed E-state index contributed by atoms with van der Waals surface area (Å²) in [5.74, 6) is -2.03. The Balaban J connectivity index is 1.92. The summed E-state index contributed by atoms with van der Waals surface area (Å²) >= 11 is 0.350. The number of alkyl halides is 6. The summed E-state index contributed by atoms with van der Waals surface area (Å²) in [7, 11) is -4.01. The van der Waals surface area contributed by atoms with Crippen LogP contribution in [0.4, 0.5) is 26.3 Å². The largest absolute Gasteiger partial charge is 0.493 e. The second-order valence-electron chi connectivity index (χ2n) is 8.55. The Morgan fingerprint density at radius 2 is 1.77 bits per heavy atom. The number of carbonyl (C=O) groups excluding carboxylic acids is 1. The Bertz CT molecular complexity index is 1840. The fourth-order valence-corrected chi connectivity index (χ4v) is 5.31. The lowest BCUT2D eigenvalue weighted by Crippen LogP contribution is -2.34. The van der Waals surface area contributed by atoms with Gasteiger partial charge in [-0.2, -0.15) is 36.5 Å². The highest BCUT2D eigenvalue weighted by Gasteiger charge is 2.38. The molecule has 4 rings (SSSR count). The summed E-state index contributed by atoms with van der Waals surface area (Å²) in [4.78, 5) is 23.5. The van der Waals surface area contributed by atoms with Gasteiger partial charge in [-0.15, -0.1) is 0 Å². The first kappa shape index (κ1) is 29.0. The van der Waals surface area contributed by atoms with E-state index in [-0.39, 0.29) is 21.7 Å². The number of nitrogens with one attached hydrogen (secondary N) is 1. The number of amides is 1. The van der Waals surface area contributed by atoms with Crippen LogP contribution in [0, 0.1) is 0 Å². The van der Waals surface area contributed by atoms with Crippen LogP contribution in [0.3, 0.4) is 0 Å². The predicted octanol–water partition coefficient (Wildman–Crippen LogP) is 2.14. The van der Waals surface area contributed by atoms with Gasteiger partial charge in [0.25, 0.3) is 5.91 Å². The normalized spacial score (nSPS) is 14.1. The van der Waals surface area contributed by atoms with E-state index in [9.17, 15) is 49.5 Å². The monoisotopic (exact) mass is 606 g/mol. The Labute approximate surface area is 224 Å². The van der Waals surface area contributed by atoms with Gasteiger partial charge in [-0.3, -0.25) is 18.9 Å². The van der Waals surface area contributed by atoms with Crippen molar-refractivity contribution in [1.82, 2.24) is 9.29 Å². The summed E-state index contributed by atoms with van der Waals surface area (Å²) in [6.45, 7) is -0.939. The van der Waals surface area contributed by atoms with Crippen LogP contribution in [-0.2, 0) is 40.1 Å². The molecule has 0 spiro atoms. The Morgan fingerprint density at radius 3 is 2.40 bits per heavy atom. The molecule has 0 bridgehead atoms. The summed E-state index contributed by atoms with van der Waals surface area (Å²) in [5.41, 5.74) is -3.32. The van der Waals surface area contributed by atoms with E-state index < -0.39 is 68.7 Å². The zero-order chi connectivity index (χ0) is 29.6. The predicted molar refractivity (Wildman–Crippen MR) is 131 cm³/mol. The van der Waals surface area contributed by atoms with Gasteiger partial charge >= 0.3 is 17.2 Å². The van der Waals surface area contributed by atoms with Gasteiger partial charge in [-0.05, 0) is 40.6 Å². The summed E-state index contributed by atoms with van der Waals surface area (Å²) in [6.07, 6.45) is -8.89. The minimum atomic E-state index is -5.18. The number of sulfonamides is 1. The molecule has 0 fully saturated rings. The minimum absolute atomic E-state index is 0.0236. The zero-order valence-electron chi connectivity index (χ0n) is 20.0. The Kier molecular flexibility index (Phi) is 7.40. The highest BCUT2D eigenvalue weighted by Crippen LogP contribution is 2.39. The molecule has 0 unspecified atom stereocenters. The molecule has 0 atom stereocenters. The molecule has 1 aliphatic heterocycles. The second-order valence-corrected chi connectivity index (χ2v) is 11.3. The molecular formula is C23H16F6N4O5S2. The van der Waals surface area contributed by atoms with Crippen molar-refractivity contribution in [3.63, 3.8) is 0 Å². The Hall–Kier alpha value is -3.99. The van der Waals surface area contributed by atoms with E-state index in [1.165, 1.54) is 24.4 Å². The molecule has 3 aromatic rings. The molecule has 9 nitrogen and oxygen atoms in total. The molecule has 2 aromatic carbocycles. The molecule has 0 radical (unpaired) electrons. The van der Waals surface area contributed by atoms with E-state index in [4.69, 9.17) is 0 Å². The lowest BCUT2D eigenvalue weighted by atomic mass is 9.94. The van der Waals surface area contributed by atoms with Crippen LogP contribution in [0.1, 0.15) is 27.1 Å². The third-order valence-corrected chi connectivity index (χ3v) is 7.22. The number of nitrogens with zero attached hydrogens (tertiary/aromatic N) is 3. The van der Waals surface area contributed by atoms with Crippen LogP contribution < -0.4 is 20.2 Å². The molecule has 1 aromatic heterocycles. The van der Waals surface area contributed by atoms with Crippen molar-refractivity contribution in [2.75, 3.05) is 6.26 Å². The van der Waals surface area contributed by atoms with Crippen molar-refractivity contribution < 1.29 is 44.7 Å². The molecule has 1 amide bonds. The first-order valence-electron chi connectivity index (χ1n) is 10.9. The highest BCUT2D eigenvalue weighted by molar-refractivity contribution is 7.89. The van der Waals surface area contributed by atoms with Gasteiger partial charge in [0.05, 0.1) is 33.8 Å². The SMILES string of the molecule is CS(=O)(=O)NC(=O)Cn1c(O)c(C(Cc2ccc(C(F)(F)F)cc2C(F)(F)F)=c2ccc3c(c2)C=NN=3)sc1=O. The maximum Gasteiger partial charge on any atom is 0.416 e. The first-order chi connectivity index (χ1) is 18.4. The summed E-state index contributed by atoms with van der Waals surface area (Å²) in [5, 5.41) is 19.0. The van der Waals surface area contributed by atoms with Gasteiger partial charge in [0.1, 0.15) is 6.54 Å². The van der Waals surface area contributed by atoms with E-state index in [1.807, 2.05) is 0 Å². The van der Waals surface area contributed by atoms with Crippen molar-refractivity contribution in [3.05, 3.63) is 83.8 Å². The lowest BCUT2D eigenvalue weighted by Gasteiger charge is -2.17. The first-order valence-corrected chi connectivity index (χ1v) is 13.6. The van der Waals surface area contributed by atoms with Crippen LogP contribution in [0.15, 0.2) is 51.4 Å². The number of hydrogen-bond acceptors (Lipinski definition) is 8. The Morgan fingerprint density at radius 1 is 1.07 bits per heavy atom. The average Bonchev–Trinajstić information content (AvgIpc) is 3.39. The van der Waals surface area contributed by atoms with Crippen LogP contribution in [0.25, 0.3) is 5.57 Å². The van der Waals surface area contributed by atoms with Crippen LogP contribution >= 0.6 is 11.3 Å². The molecule has 212 valence electrons. The third-order valence-electron chi connectivity index (χ3n) is 5.59. The number of rotatable bonds is 6. The molecule has 0 aliphatic carbocycles. The van der Waals surface area contributed by atoms with E-state index in [1.54, 1.807) is 4.72 Å². The number of thiazole rings is 1. The van der Waals surface area contributed by atoms with Crippen molar-refractivity contribution in [3.8, 4) is 5.88 Å². The van der Waals surface area contributed by atoms with Gasteiger partial charge in [-0.25, -0.2) is 8.42 Å². The lowest BCUT2D eigenvalue weighted by molar-refractivity contribution is -0.143. The molecule has 40 heavy (non-hydrogen) atoms. The standard InChI is InChI=1S/C23H16F6N4O5S2/c1-40(37,38)32-18(34)10-33-20(35)19(39-21(33)36)15(11-3-5-17-13(6-11)9-30-31-17)7-12-2-4-14(22(24,25)26)8-16(12)23(27,28)29/h2-6,8-9,35H,7,10H2,1H3,(H,32,34). The third kappa shape index (κ3) is 6.25. The fraction of sp³-hybridized carbons (Fsp3) is 0.217. The zero-order valence-corrected chi connectivity index (χ0v) is 21.6. The minimum Gasteiger partial charge on any atom is -0.493 e. The number of carbonyl (C=O) groups is 1. The molecule has 0 saturated heterocycles. The topological polar surface area (TPSA) is 130 Å². The van der Waals surface area contributed by atoms with E-state index in [0.717, 1.165) is 0 Å². The van der Waals surface area contributed by atoms with Gasteiger partial charge in [-0.1, -0.05) is 23.5 Å². The van der Waals surface area contributed by atoms with Gasteiger partial charge in [0, 0.05) is 12.0 Å². The summed E-state index contributed by atoms with van der Waals surface area (Å²) < 4.78 is 106. The smallest absolute Gasteiger partial charge is 0.416 e. The van der Waals surface area contributed by atoms with Crippen LogP contribution in [-0.4, -0.2) is 36.5 Å². The molecular weight excluding hydrogens is 590 g/mol. The quantitative estimate of drug-likeness (QED) is 0.416. The molecule has 17 heteroatoms. The van der Waals surface area contributed by atoms with Gasteiger partial charge in [0.2, 0.25) is 15.9 Å². The van der Waals surface area contributed by atoms with Gasteiger partial charge in [0.15, 0.2) is 0 Å². The molecule has 2 N–H and O–H groups in total. The fourth-order valence-electron chi connectivity index (χ4n) is 3.88. The number of aromatic hydroxyl groups is 1. The van der Waals surface area contributed by atoms with Crippen molar-refractivity contribution in [2.24, 2.45) is 10.2 Å². The molecule has 1 aliphatic rings. The number of aromatic nitrogens is 1. The van der Waals surface area contributed by atoms with E-state index >= 15 is 0 Å². The molecule has 2 heterocycles. The van der Waals surface area contributed by atoms with E-state index in [0.29, 0.717) is 45.2 Å². The van der Waals surface area contributed by atoms with Crippen LogP contribution in [0.5, 0.6) is 5.88 Å². The molecule has 0 saturated carbocycles. The number of hydrogen-bond donors (Lipinski definition) is 2.